The number of carbonyl (C=O) groups is 1. The predicted octanol–water partition coefficient (Wildman–Crippen LogP) is 4.84. The molecule has 0 atom stereocenters. The number of rotatable bonds is 7. The molecule has 1 amide bonds. The molecule has 0 aliphatic rings. The molecule has 0 spiro atoms. The molecule has 0 unspecified atom stereocenters. The van der Waals surface area contributed by atoms with Crippen molar-refractivity contribution in [3.8, 4) is 17.2 Å². The number of para-hydroxylation sites is 1. The summed E-state index contributed by atoms with van der Waals surface area (Å²) < 4.78 is 16.5. The van der Waals surface area contributed by atoms with Crippen LogP contribution in [0.25, 0.3) is 0 Å². The fourth-order valence-corrected chi connectivity index (χ4v) is 2.78. The molecule has 0 fully saturated rings. The van der Waals surface area contributed by atoms with Crippen molar-refractivity contribution in [1.82, 2.24) is 0 Å². The molecule has 0 aromatic heterocycles. The summed E-state index contributed by atoms with van der Waals surface area (Å²) in [5.41, 5.74) is 3.07. The third-order valence-electron chi connectivity index (χ3n) is 4.37. The molecule has 5 nitrogen and oxygen atoms in total. The van der Waals surface area contributed by atoms with E-state index in [1.54, 1.807) is 56.7 Å². The number of methoxy groups -OCH3 is 2. The Morgan fingerprint density at radius 1 is 0.893 bits per heavy atom. The highest BCUT2D eigenvalue weighted by molar-refractivity contribution is 6.04. The summed E-state index contributed by atoms with van der Waals surface area (Å²) in [7, 11) is 3.20. The maximum atomic E-state index is 12.6. The van der Waals surface area contributed by atoms with Crippen molar-refractivity contribution in [3.63, 3.8) is 0 Å². The molecule has 0 saturated heterocycles. The van der Waals surface area contributed by atoms with E-state index in [1.165, 1.54) is 0 Å². The number of amides is 1. The van der Waals surface area contributed by atoms with Crippen LogP contribution in [0.2, 0.25) is 0 Å². The quantitative estimate of drug-likeness (QED) is 0.640. The lowest BCUT2D eigenvalue weighted by Gasteiger charge is -2.13. The molecule has 0 bridgehead atoms. The van der Waals surface area contributed by atoms with Gasteiger partial charge >= 0.3 is 0 Å². The van der Waals surface area contributed by atoms with Gasteiger partial charge in [-0.2, -0.15) is 0 Å². The molecule has 0 aliphatic heterocycles. The third-order valence-corrected chi connectivity index (χ3v) is 4.37. The Labute approximate surface area is 164 Å². The van der Waals surface area contributed by atoms with Crippen LogP contribution < -0.4 is 19.5 Å². The maximum Gasteiger partial charge on any atom is 0.255 e. The molecular formula is C23H23NO4. The van der Waals surface area contributed by atoms with E-state index in [1.807, 2.05) is 31.2 Å². The van der Waals surface area contributed by atoms with Crippen molar-refractivity contribution in [2.24, 2.45) is 0 Å². The number of carbonyl (C=O) groups excluding carboxylic acids is 1. The molecule has 3 aromatic rings. The van der Waals surface area contributed by atoms with E-state index in [4.69, 9.17) is 14.2 Å². The topological polar surface area (TPSA) is 56.8 Å². The van der Waals surface area contributed by atoms with Gasteiger partial charge in [-0.05, 0) is 61.0 Å². The van der Waals surface area contributed by atoms with Crippen molar-refractivity contribution in [2.75, 3.05) is 19.5 Å². The summed E-state index contributed by atoms with van der Waals surface area (Å²) in [5, 5.41) is 2.88. The van der Waals surface area contributed by atoms with E-state index < -0.39 is 0 Å². The lowest BCUT2D eigenvalue weighted by atomic mass is 10.1. The van der Waals surface area contributed by atoms with Gasteiger partial charge in [-0.1, -0.05) is 18.2 Å². The average molecular weight is 377 g/mol. The molecule has 3 aromatic carbocycles. The second kappa shape index (κ2) is 8.95. The van der Waals surface area contributed by atoms with E-state index in [-0.39, 0.29) is 5.91 Å². The Hall–Kier alpha value is -3.47. The van der Waals surface area contributed by atoms with Crippen molar-refractivity contribution in [2.45, 2.75) is 13.5 Å². The monoisotopic (exact) mass is 377 g/mol. The van der Waals surface area contributed by atoms with Crippen molar-refractivity contribution < 1.29 is 19.0 Å². The van der Waals surface area contributed by atoms with Crippen molar-refractivity contribution >= 4 is 11.6 Å². The van der Waals surface area contributed by atoms with E-state index in [2.05, 4.69) is 5.32 Å². The Kier molecular flexibility index (Phi) is 6.17. The largest absolute Gasteiger partial charge is 0.497 e. The number of benzene rings is 3. The second-order valence-corrected chi connectivity index (χ2v) is 6.26. The second-order valence-electron chi connectivity index (χ2n) is 6.26. The van der Waals surface area contributed by atoms with Crippen molar-refractivity contribution in [1.29, 1.82) is 0 Å². The molecule has 3 rings (SSSR count). The van der Waals surface area contributed by atoms with Crippen LogP contribution in [0.15, 0.2) is 66.7 Å². The summed E-state index contributed by atoms with van der Waals surface area (Å²) >= 11 is 0. The normalized spacial score (nSPS) is 10.2. The highest BCUT2D eigenvalue weighted by atomic mass is 16.5. The summed E-state index contributed by atoms with van der Waals surface area (Å²) in [6, 6.07) is 20.3. The molecule has 1 N–H and O–H groups in total. The fraction of sp³-hybridized carbons (Fsp3) is 0.174. The van der Waals surface area contributed by atoms with Gasteiger partial charge < -0.3 is 19.5 Å². The molecule has 28 heavy (non-hydrogen) atoms. The number of anilines is 1. The average Bonchev–Trinajstić information content (AvgIpc) is 2.73. The number of ether oxygens (including phenoxy) is 3. The van der Waals surface area contributed by atoms with Gasteiger partial charge in [-0.3, -0.25) is 4.79 Å². The zero-order valence-electron chi connectivity index (χ0n) is 16.2. The SMILES string of the molecule is COc1ccc(NC(=O)c2ccc(OC)c(COc3ccccc3C)c2)cc1. The smallest absolute Gasteiger partial charge is 0.255 e. The summed E-state index contributed by atoms with van der Waals surface area (Å²) in [6.45, 7) is 2.29. The Balaban J connectivity index is 1.75. The van der Waals surface area contributed by atoms with E-state index in [0.29, 0.717) is 23.6 Å². The molecule has 0 saturated carbocycles. The lowest BCUT2D eigenvalue weighted by molar-refractivity contribution is 0.102. The standard InChI is InChI=1S/C23H23NO4/c1-16-6-4-5-7-21(16)28-15-18-14-17(8-13-22(18)27-3)23(25)24-19-9-11-20(26-2)12-10-19/h4-14H,15H2,1-3H3,(H,24,25). The molecule has 0 aliphatic carbocycles. The van der Waals surface area contributed by atoms with Crippen LogP contribution in [0.1, 0.15) is 21.5 Å². The Morgan fingerprint density at radius 3 is 2.32 bits per heavy atom. The van der Waals surface area contributed by atoms with Gasteiger partial charge in [0.15, 0.2) is 0 Å². The van der Waals surface area contributed by atoms with Crippen LogP contribution in [-0.4, -0.2) is 20.1 Å². The minimum Gasteiger partial charge on any atom is -0.497 e. The highest BCUT2D eigenvalue weighted by Crippen LogP contribution is 2.24. The van der Waals surface area contributed by atoms with Crippen LogP contribution in [0.4, 0.5) is 5.69 Å². The van der Waals surface area contributed by atoms with Gasteiger partial charge in [-0.25, -0.2) is 0 Å². The Bertz CT molecular complexity index is 951. The van der Waals surface area contributed by atoms with Gasteiger partial charge in [0.1, 0.15) is 23.9 Å². The van der Waals surface area contributed by atoms with Gasteiger partial charge in [0.25, 0.3) is 5.91 Å². The van der Waals surface area contributed by atoms with Gasteiger partial charge in [0.2, 0.25) is 0 Å². The zero-order valence-corrected chi connectivity index (χ0v) is 16.2. The summed E-state index contributed by atoms with van der Waals surface area (Å²) in [5.74, 6) is 2.01. The van der Waals surface area contributed by atoms with Crippen LogP contribution >= 0.6 is 0 Å². The summed E-state index contributed by atoms with van der Waals surface area (Å²) in [6.07, 6.45) is 0. The molecule has 144 valence electrons. The minimum absolute atomic E-state index is 0.204. The number of hydrogen-bond acceptors (Lipinski definition) is 4. The number of nitrogens with one attached hydrogen (secondary N) is 1. The van der Waals surface area contributed by atoms with E-state index >= 15 is 0 Å². The first-order valence-electron chi connectivity index (χ1n) is 8.91. The van der Waals surface area contributed by atoms with Crippen LogP contribution in [0.5, 0.6) is 17.2 Å². The molecule has 0 heterocycles. The first kappa shape index (κ1) is 19.3. The number of aryl methyl sites for hydroxylation is 1. The van der Waals surface area contributed by atoms with Crippen molar-refractivity contribution in [3.05, 3.63) is 83.4 Å². The van der Waals surface area contributed by atoms with Crippen LogP contribution in [-0.2, 0) is 6.61 Å². The highest BCUT2D eigenvalue weighted by Gasteiger charge is 2.12. The van der Waals surface area contributed by atoms with E-state index in [0.717, 1.165) is 22.6 Å². The summed E-state index contributed by atoms with van der Waals surface area (Å²) in [4.78, 5) is 12.6. The first-order valence-corrected chi connectivity index (χ1v) is 8.91. The van der Waals surface area contributed by atoms with Gasteiger partial charge in [0.05, 0.1) is 14.2 Å². The molecule has 5 heteroatoms. The maximum absolute atomic E-state index is 12.6. The third kappa shape index (κ3) is 4.62. The minimum atomic E-state index is -0.204. The predicted molar refractivity (Wildman–Crippen MR) is 109 cm³/mol. The first-order chi connectivity index (χ1) is 13.6. The lowest BCUT2D eigenvalue weighted by Crippen LogP contribution is -2.13. The van der Waals surface area contributed by atoms with E-state index in [9.17, 15) is 4.79 Å². The Morgan fingerprint density at radius 2 is 1.64 bits per heavy atom. The van der Waals surface area contributed by atoms with Crippen LogP contribution in [0.3, 0.4) is 0 Å². The van der Waals surface area contributed by atoms with Gasteiger partial charge in [0, 0.05) is 16.8 Å². The van der Waals surface area contributed by atoms with Gasteiger partial charge in [-0.15, -0.1) is 0 Å². The molecule has 0 radical (unpaired) electrons. The zero-order chi connectivity index (χ0) is 19.9. The molecular weight excluding hydrogens is 354 g/mol. The van der Waals surface area contributed by atoms with Crippen LogP contribution in [0, 0.1) is 6.92 Å². The fourth-order valence-electron chi connectivity index (χ4n) is 2.78. The number of hydrogen-bond donors (Lipinski definition) is 1.